The molecule has 0 aliphatic heterocycles. The van der Waals surface area contributed by atoms with Gasteiger partial charge < -0.3 is 15.5 Å². The fraction of sp³-hybridized carbons (Fsp3) is 0.111. The van der Waals surface area contributed by atoms with Gasteiger partial charge in [-0.05, 0) is 37.1 Å². The number of nitrogen functional groups attached to an aromatic ring is 1. The number of furan rings is 1. The smallest absolute Gasteiger partial charge is 0.270 e. The Labute approximate surface area is 220 Å². The molecular weight excluding hydrogens is 498 g/mol. The van der Waals surface area contributed by atoms with Crippen molar-refractivity contribution in [1.29, 1.82) is 0 Å². The minimum atomic E-state index is -0.735. The van der Waals surface area contributed by atoms with Crippen LogP contribution in [0.2, 0.25) is 0 Å². The van der Waals surface area contributed by atoms with Crippen LogP contribution in [0.3, 0.4) is 0 Å². The van der Waals surface area contributed by atoms with Gasteiger partial charge in [-0.1, -0.05) is 24.1 Å². The molecule has 0 unspecified atom stereocenters. The first-order valence-electron chi connectivity index (χ1n) is 11.9. The van der Waals surface area contributed by atoms with Crippen molar-refractivity contribution in [3.05, 3.63) is 100 Å². The van der Waals surface area contributed by atoms with Crippen molar-refractivity contribution in [2.75, 3.05) is 5.73 Å². The lowest BCUT2D eigenvalue weighted by Gasteiger charge is -2.18. The number of nitrogens with one attached hydrogen (secondary N) is 1. The predicted octanol–water partition coefficient (Wildman–Crippen LogP) is 2.23. The van der Waals surface area contributed by atoms with Crippen LogP contribution in [-0.2, 0) is 7.05 Å². The molecule has 0 saturated carbocycles. The Hall–Kier alpha value is -5.70. The average molecular weight is 520 g/mol. The van der Waals surface area contributed by atoms with Gasteiger partial charge in [-0.25, -0.2) is 9.50 Å². The number of rotatable bonds is 4. The van der Waals surface area contributed by atoms with Gasteiger partial charge in [-0.15, -0.1) is 5.10 Å². The van der Waals surface area contributed by atoms with E-state index in [2.05, 4.69) is 37.3 Å². The molecule has 5 aromatic heterocycles. The normalized spacial score (nSPS) is 11.8. The van der Waals surface area contributed by atoms with E-state index in [0.29, 0.717) is 22.6 Å². The molecule has 1 atom stereocenters. The molecule has 6 rings (SSSR count). The van der Waals surface area contributed by atoms with Crippen LogP contribution < -0.4 is 16.6 Å². The molecule has 192 valence electrons. The topological polar surface area (TPSA) is 151 Å². The van der Waals surface area contributed by atoms with Crippen LogP contribution in [0.25, 0.3) is 22.4 Å². The van der Waals surface area contributed by atoms with Crippen LogP contribution in [0.5, 0.6) is 0 Å². The van der Waals surface area contributed by atoms with Gasteiger partial charge >= 0.3 is 0 Å². The third kappa shape index (κ3) is 4.17. The summed E-state index contributed by atoms with van der Waals surface area (Å²) < 4.78 is 10.2. The van der Waals surface area contributed by atoms with E-state index in [0.717, 1.165) is 0 Å². The van der Waals surface area contributed by atoms with Crippen LogP contribution >= 0.6 is 0 Å². The number of hydrogen-bond acceptors (Lipinski definition) is 8. The molecule has 3 N–H and O–H groups in total. The number of aromatic nitrogens is 7. The maximum Gasteiger partial charge on any atom is 0.270 e. The lowest BCUT2D eigenvalue weighted by molar-refractivity contribution is 0.0940. The second kappa shape index (κ2) is 9.31. The van der Waals surface area contributed by atoms with E-state index in [9.17, 15) is 9.59 Å². The Bertz CT molecular complexity index is 1990. The van der Waals surface area contributed by atoms with Gasteiger partial charge in [0, 0.05) is 25.6 Å². The largest absolute Gasteiger partial charge is 0.445 e. The molecule has 0 bridgehead atoms. The minimum Gasteiger partial charge on any atom is -0.445 e. The zero-order valence-electron chi connectivity index (χ0n) is 20.9. The highest BCUT2D eigenvalue weighted by molar-refractivity contribution is 6.04. The molecule has 0 radical (unpaired) electrons. The van der Waals surface area contributed by atoms with E-state index in [1.807, 2.05) is 18.2 Å². The van der Waals surface area contributed by atoms with Gasteiger partial charge in [-0.3, -0.25) is 18.8 Å². The summed E-state index contributed by atoms with van der Waals surface area (Å²) in [6.45, 7) is 1.71. The van der Waals surface area contributed by atoms with Gasteiger partial charge in [0.05, 0.1) is 17.3 Å². The number of benzene rings is 1. The quantitative estimate of drug-likeness (QED) is 0.337. The summed E-state index contributed by atoms with van der Waals surface area (Å²) in [5, 5.41) is 11.5. The van der Waals surface area contributed by atoms with Gasteiger partial charge in [0.15, 0.2) is 11.5 Å². The molecule has 0 saturated heterocycles. The van der Waals surface area contributed by atoms with E-state index in [1.54, 1.807) is 61.5 Å². The van der Waals surface area contributed by atoms with E-state index in [1.165, 1.54) is 15.3 Å². The maximum atomic E-state index is 13.9. The third-order valence-electron chi connectivity index (χ3n) is 6.07. The van der Waals surface area contributed by atoms with Crippen molar-refractivity contribution in [2.24, 2.45) is 7.05 Å². The van der Waals surface area contributed by atoms with Crippen LogP contribution in [0, 0.1) is 11.8 Å². The third-order valence-corrected chi connectivity index (χ3v) is 6.07. The van der Waals surface area contributed by atoms with Crippen LogP contribution in [-0.4, -0.2) is 39.8 Å². The second-order valence-corrected chi connectivity index (χ2v) is 8.74. The molecule has 1 amide bonds. The highest BCUT2D eigenvalue weighted by Crippen LogP contribution is 2.23. The highest BCUT2D eigenvalue weighted by atomic mass is 16.3. The van der Waals surface area contributed by atoms with Crippen LogP contribution in [0.15, 0.2) is 76.5 Å². The number of amides is 1. The van der Waals surface area contributed by atoms with Crippen LogP contribution in [0.1, 0.15) is 40.4 Å². The zero-order valence-corrected chi connectivity index (χ0v) is 20.9. The second-order valence-electron chi connectivity index (χ2n) is 8.74. The van der Waals surface area contributed by atoms with Crippen molar-refractivity contribution in [1.82, 2.24) is 39.2 Å². The van der Waals surface area contributed by atoms with Gasteiger partial charge in [-0.2, -0.15) is 10.1 Å². The number of carbonyl (C=O) groups is 1. The van der Waals surface area contributed by atoms with Crippen molar-refractivity contribution in [2.45, 2.75) is 13.0 Å². The summed E-state index contributed by atoms with van der Waals surface area (Å²) in [6.07, 6.45) is 6.36. The van der Waals surface area contributed by atoms with Gasteiger partial charge in [0.25, 0.3) is 11.5 Å². The Kier molecular flexibility index (Phi) is 5.65. The Morgan fingerprint density at radius 1 is 1.10 bits per heavy atom. The molecule has 0 aliphatic rings. The van der Waals surface area contributed by atoms with E-state index in [4.69, 9.17) is 10.2 Å². The Balaban J connectivity index is 1.45. The molecule has 5 heterocycles. The Morgan fingerprint density at radius 2 is 1.92 bits per heavy atom. The minimum absolute atomic E-state index is 0.0319. The van der Waals surface area contributed by atoms with Gasteiger partial charge in [0.1, 0.15) is 28.7 Å². The summed E-state index contributed by atoms with van der Waals surface area (Å²) >= 11 is 0. The van der Waals surface area contributed by atoms with E-state index in [-0.39, 0.29) is 28.3 Å². The molecule has 0 spiro atoms. The number of carbonyl (C=O) groups excluding carboxylic acids is 1. The van der Waals surface area contributed by atoms with Crippen molar-refractivity contribution < 1.29 is 9.21 Å². The lowest BCUT2D eigenvalue weighted by atomic mass is 10.2. The van der Waals surface area contributed by atoms with Crippen molar-refractivity contribution >= 4 is 28.5 Å². The molecule has 6 aromatic rings. The number of fused-ring (bicyclic) bond motifs is 2. The molecule has 1 aromatic carbocycles. The predicted molar refractivity (Wildman–Crippen MR) is 142 cm³/mol. The van der Waals surface area contributed by atoms with E-state index >= 15 is 0 Å². The molecule has 12 nitrogen and oxygen atoms in total. The lowest BCUT2D eigenvalue weighted by Crippen LogP contribution is -2.33. The number of nitrogens with two attached hydrogens (primary N) is 1. The molecular formula is C27H21N9O3. The average Bonchev–Trinajstić information content (AvgIpc) is 3.63. The zero-order chi connectivity index (χ0) is 27.1. The molecule has 0 fully saturated rings. The first-order chi connectivity index (χ1) is 18.9. The molecule has 39 heavy (non-hydrogen) atoms. The van der Waals surface area contributed by atoms with Crippen molar-refractivity contribution in [3.8, 4) is 17.5 Å². The summed E-state index contributed by atoms with van der Waals surface area (Å²) in [7, 11) is 1.79. The summed E-state index contributed by atoms with van der Waals surface area (Å²) in [4.78, 5) is 36.1. The summed E-state index contributed by atoms with van der Waals surface area (Å²) in [5.74, 6) is 5.69. The Morgan fingerprint density at radius 3 is 2.69 bits per heavy atom. The fourth-order valence-corrected chi connectivity index (χ4v) is 4.28. The number of nitrogens with zero attached hydrogens (tertiary/aromatic N) is 7. The maximum absolute atomic E-state index is 13.9. The SMILES string of the molecule is C[C@H](NC(=O)c1c(N)nn2cccnc12)c1nc2occ(C#Cc3ccn(C)n3)c2c(=O)n1-c1ccccc1. The fourth-order valence-electron chi connectivity index (χ4n) is 4.28. The first-order valence-corrected chi connectivity index (χ1v) is 11.9. The standard InChI is InChI=1S/C27H21N9O3/c1-16(30-25(37)21-22(28)33-35-13-6-12-29-24(21)35)23-31-26-20(27(38)36(23)19-7-4-3-5-8-19)17(15-39-26)9-10-18-11-14-34(2)32-18/h3-8,11-16H,1-2H3,(H2,28,33)(H,30,37)/t16-/m0/s1. The van der Waals surface area contributed by atoms with Crippen molar-refractivity contribution in [3.63, 3.8) is 0 Å². The monoisotopic (exact) mass is 519 g/mol. The summed E-state index contributed by atoms with van der Waals surface area (Å²) in [5.41, 5.74) is 7.67. The first kappa shape index (κ1) is 23.7. The summed E-state index contributed by atoms with van der Waals surface area (Å²) in [6, 6.07) is 11.7. The number of hydrogen-bond donors (Lipinski definition) is 2. The van der Waals surface area contributed by atoms with Gasteiger partial charge in [0.2, 0.25) is 5.71 Å². The molecule has 0 aliphatic carbocycles. The number of aryl methyl sites for hydroxylation is 1. The molecule has 12 heteroatoms. The number of para-hydroxylation sites is 1. The van der Waals surface area contributed by atoms with E-state index < -0.39 is 17.5 Å². The highest BCUT2D eigenvalue weighted by Gasteiger charge is 2.25. The van der Waals surface area contributed by atoms with Crippen LogP contribution in [0.4, 0.5) is 5.82 Å². The number of anilines is 1.